The first-order chi connectivity index (χ1) is 15.7. The largest absolute Gasteiger partial charge is 0.471 e. The SMILES string of the molecule is Cc1ncc(CC(=O)N(Cc2ccc(-c3noc(C(F)(F)F)n3)cn2)c2cccc(F)c2)s1. The molecule has 3 heterocycles. The maximum atomic E-state index is 13.8. The van der Waals surface area contributed by atoms with Crippen LogP contribution < -0.4 is 4.90 Å². The third kappa shape index (κ3) is 5.40. The molecule has 7 nitrogen and oxygen atoms in total. The molecule has 0 atom stereocenters. The van der Waals surface area contributed by atoms with Crippen molar-refractivity contribution >= 4 is 22.9 Å². The number of thiazole rings is 1. The number of anilines is 1. The quantitative estimate of drug-likeness (QED) is 0.370. The van der Waals surface area contributed by atoms with Gasteiger partial charge in [0.15, 0.2) is 0 Å². The van der Waals surface area contributed by atoms with Crippen LogP contribution in [0.2, 0.25) is 0 Å². The minimum Gasteiger partial charge on any atom is -0.329 e. The Kier molecular flexibility index (Phi) is 6.18. The minimum atomic E-state index is -4.75. The van der Waals surface area contributed by atoms with Gasteiger partial charge in [0.1, 0.15) is 5.82 Å². The van der Waals surface area contributed by atoms with Crippen molar-refractivity contribution in [2.45, 2.75) is 26.1 Å². The number of aromatic nitrogens is 4. The van der Waals surface area contributed by atoms with Crippen LogP contribution in [0.15, 0.2) is 53.3 Å². The van der Waals surface area contributed by atoms with E-state index in [0.717, 1.165) is 9.88 Å². The second kappa shape index (κ2) is 9.06. The maximum absolute atomic E-state index is 13.8. The molecule has 0 saturated carbocycles. The molecule has 4 aromatic rings. The molecule has 0 N–H and O–H groups in total. The Morgan fingerprint density at radius 3 is 2.58 bits per heavy atom. The second-order valence-corrected chi connectivity index (χ2v) is 8.26. The van der Waals surface area contributed by atoms with E-state index in [1.165, 1.54) is 52.8 Å². The molecule has 0 aliphatic heterocycles. The van der Waals surface area contributed by atoms with Crippen LogP contribution in [-0.4, -0.2) is 26.0 Å². The molecular formula is C21H15F4N5O2S. The molecule has 3 aromatic heterocycles. The number of halogens is 4. The molecule has 170 valence electrons. The topological polar surface area (TPSA) is 85.0 Å². The van der Waals surface area contributed by atoms with Crippen molar-refractivity contribution in [3.8, 4) is 11.4 Å². The summed E-state index contributed by atoms with van der Waals surface area (Å²) in [5.41, 5.74) is 0.984. The Morgan fingerprint density at radius 1 is 1.15 bits per heavy atom. The van der Waals surface area contributed by atoms with E-state index >= 15 is 0 Å². The summed E-state index contributed by atoms with van der Waals surface area (Å²) in [6, 6.07) is 8.59. The van der Waals surface area contributed by atoms with Crippen molar-refractivity contribution in [3.05, 3.63) is 76.1 Å². The van der Waals surface area contributed by atoms with E-state index in [1.807, 2.05) is 6.92 Å². The zero-order chi connectivity index (χ0) is 23.6. The van der Waals surface area contributed by atoms with E-state index in [0.29, 0.717) is 11.4 Å². The van der Waals surface area contributed by atoms with E-state index in [9.17, 15) is 22.4 Å². The Hall–Kier alpha value is -3.67. The van der Waals surface area contributed by atoms with Gasteiger partial charge in [0.25, 0.3) is 0 Å². The Bertz CT molecular complexity index is 1270. The van der Waals surface area contributed by atoms with Crippen LogP contribution in [0.1, 0.15) is 21.5 Å². The first-order valence-corrected chi connectivity index (χ1v) is 10.3. The van der Waals surface area contributed by atoms with Crippen LogP contribution in [0, 0.1) is 12.7 Å². The van der Waals surface area contributed by atoms with E-state index in [-0.39, 0.29) is 30.3 Å². The monoisotopic (exact) mass is 477 g/mol. The summed E-state index contributed by atoms with van der Waals surface area (Å²) in [4.78, 5) is 26.9. The molecule has 0 unspecified atom stereocenters. The van der Waals surface area contributed by atoms with Crippen molar-refractivity contribution in [2.75, 3.05) is 4.90 Å². The highest BCUT2D eigenvalue weighted by Gasteiger charge is 2.38. The molecule has 0 fully saturated rings. The van der Waals surface area contributed by atoms with Crippen LogP contribution in [0.4, 0.5) is 23.2 Å². The van der Waals surface area contributed by atoms with Gasteiger partial charge in [-0.15, -0.1) is 11.3 Å². The Labute approximate surface area is 188 Å². The van der Waals surface area contributed by atoms with Crippen molar-refractivity contribution in [1.82, 2.24) is 20.1 Å². The number of carbonyl (C=O) groups excluding carboxylic acids is 1. The van der Waals surface area contributed by atoms with Gasteiger partial charge >= 0.3 is 12.1 Å². The van der Waals surface area contributed by atoms with Crippen molar-refractivity contribution in [3.63, 3.8) is 0 Å². The average Bonchev–Trinajstić information content (AvgIpc) is 3.42. The standard InChI is InChI=1S/C21H15F4N5O2S/c1-12-26-10-17(33-12)8-18(31)30(16-4-2-3-14(22)7-16)11-15-6-5-13(9-27-15)19-28-20(32-29-19)21(23,24)25/h2-7,9-10H,8,11H2,1H3. The van der Waals surface area contributed by atoms with E-state index < -0.39 is 17.9 Å². The molecule has 0 saturated heterocycles. The summed E-state index contributed by atoms with van der Waals surface area (Å²) >= 11 is 1.39. The van der Waals surface area contributed by atoms with Crippen LogP contribution in [0.25, 0.3) is 11.4 Å². The number of pyridine rings is 1. The summed E-state index contributed by atoms with van der Waals surface area (Å²) in [6.07, 6.45) is -1.78. The summed E-state index contributed by atoms with van der Waals surface area (Å²) < 4.78 is 56.1. The molecule has 4 rings (SSSR count). The van der Waals surface area contributed by atoms with Crippen molar-refractivity contribution in [1.29, 1.82) is 0 Å². The fraction of sp³-hybridized carbons (Fsp3) is 0.190. The van der Waals surface area contributed by atoms with E-state index in [1.54, 1.807) is 12.3 Å². The number of benzene rings is 1. The smallest absolute Gasteiger partial charge is 0.329 e. The van der Waals surface area contributed by atoms with E-state index in [4.69, 9.17) is 0 Å². The van der Waals surface area contributed by atoms with Crippen LogP contribution in [-0.2, 0) is 23.9 Å². The molecule has 1 amide bonds. The number of aryl methyl sites for hydroxylation is 1. The lowest BCUT2D eigenvalue weighted by atomic mass is 10.2. The first kappa shape index (κ1) is 22.5. The number of amides is 1. The summed E-state index contributed by atoms with van der Waals surface area (Å²) in [7, 11) is 0. The summed E-state index contributed by atoms with van der Waals surface area (Å²) in [6.45, 7) is 1.84. The molecule has 0 aliphatic carbocycles. The summed E-state index contributed by atoms with van der Waals surface area (Å²) in [5, 5.41) is 4.14. The van der Waals surface area contributed by atoms with Crippen LogP contribution in [0.5, 0.6) is 0 Å². The molecule has 0 radical (unpaired) electrons. The summed E-state index contributed by atoms with van der Waals surface area (Å²) in [5.74, 6) is -2.51. The fourth-order valence-corrected chi connectivity index (χ4v) is 3.75. The van der Waals surface area contributed by atoms with Crippen LogP contribution in [0.3, 0.4) is 0 Å². The molecule has 0 aliphatic rings. The van der Waals surface area contributed by atoms with Gasteiger partial charge in [0, 0.05) is 28.5 Å². The normalized spacial score (nSPS) is 11.5. The van der Waals surface area contributed by atoms with Gasteiger partial charge in [-0.1, -0.05) is 11.2 Å². The van der Waals surface area contributed by atoms with Gasteiger partial charge in [-0.25, -0.2) is 9.37 Å². The van der Waals surface area contributed by atoms with Gasteiger partial charge < -0.3 is 9.42 Å². The minimum absolute atomic E-state index is 0.0143. The molecule has 0 bridgehead atoms. The van der Waals surface area contributed by atoms with Crippen molar-refractivity contribution < 1.29 is 26.9 Å². The second-order valence-electron chi connectivity index (χ2n) is 6.94. The zero-order valence-electron chi connectivity index (χ0n) is 17.0. The number of nitrogens with zero attached hydrogens (tertiary/aromatic N) is 5. The third-order valence-corrected chi connectivity index (χ3v) is 5.40. The highest BCUT2D eigenvalue weighted by molar-refractivity contribution is 7.11. The lowest BCUT2D eigenvalue weighted by Gasteiger charge is -2.22. The fourth-order valence-electron chi connectivity index (χ4n) is 2.97. The highest BCUT2D eigenvalue weighted by atomic mass is 32.1. The maximum Gasteiger partial charge on any atom is 0.471 e. The molecule has 12 heteroatoms. The molecule has 33 heavy (non-hydrogen) atoms. The molecule has 1 aromatic carbocycles. The van der Waals surface area contributed by atoms with Crippen LogP contribution >= 0.6 is 11.3 Å². The number of rotatable bonds is 6. The first-order valence-electron chi connectivity index (χ1n) is 9.52. The number of hydrogen-bond acceptors (Lipinski definition) is 7. The van der Waals surface area contributed by atoms with Crippen molar-refractivity contribution in [2.24, 2.45) is 0 Å². The zero-order valence-corrected chi connectivity index (χ0v) is 17.8. The van der Waals surface area contributed by atoms with Gasteiger partial charge in [0.2, 0.25) is 11.7 Å². The number of hydrogen-bond donors (Lipinski definition) is 0. The number of alkyl halides is 3. The van der Waals surface area contributed by atoms with Gasteiger partial charge in [-0.3, -0.25) is 9.78 Å². The average molecular weight is 477 g/mol. The third-order valence-electron chi connectivity index (χ3n) is 4.49. The lowest BCUT2D eigenvalue weighted by Crippen LogP contribution is -2.32. The predicted octanol–water partition coefficient (Wildman–Crippen LogP) is 4.83. The lowest BCUT2D eigenvalue weighted by molar-refractivity contribution is -0.159. The van der Waals surface area contributed by atoms with E-state index in [2.05, 4.69) is 24.6 Å². The number of carbonyl (C=O) groups is 1. The predicted molar refractivity (Wildman–Crippen MR) is 111 cm³/mol. The van der Waals surface area contributed by atoms with Gasteiger partial charge in [0.05, 0.1) is 23.7 Å². The Balaban J connectivity index is 1.56. The molecular weight excluding hydrogens is 462 g/mol. The van der Waals surface area contributed by atoms with Gasteiger partial charge in [-0.05, 0) is 37.3 Å². The highest BCUT2D eigenvalue weighted by Crippen LogP contribution is 2.29. The molecule has 0 spiro atoms. The Morgan fingerprint density at radius 2 is 1.97 bits per heavy atom. The van der Waals surface area contributed by atoms with Gasteiger partial charge in [-0.2, -0.15) is 18.2 Å².